The van der Waals surface area contributed by atoms with Crippen molar-refractivity contribution in [3.8, 4) is 11.5 Å². The molecule has 100 valence electrons. The molecule has 18 heavy (non-hydrogen) atoms. The van der Waals surface area contributed by atoms with Crippen LogP contribution in [0.1, 0.15) is 5.56 Å². The van der Waals surface area contributed by atoms with Gasteiger partial charge in [0.25, 0.3) is 0 Å². The van der Waals surface area contributed by atoms with E-state index in [2.05, 4.69) is 0 Å². The van der Waals surface area contributed by atoms with E-state index in [0.29, 0.717) is 51.9 Å². The second-order valence-electron chi connectivity index (χ2n) is 3.91. The lowest BCUT2D eigenvalue weighted by Gasteiger charge is -2.15. The summed E-state index contributed by atoms with van der Waals surface area (Å²) in [6, 6.07) is 5.72. The minimum absolute atomic E-state index is 0.482. The fourth-order valence-corrected chi connectivity index (χ4v) is 1.65. The molecule has 0 saturated carbocycles. The Morgan fingerprint density at radius 3 is 2.11 bits per heavy atom. The Balaban J connectivity index is 2.07. The third-order valence-electron chi connectivity index (χ3n) is 2.59. The van der Waals surface area contributed by atoms with Crippen LogP contribution in [-0.2, 0) is 16.0 Å². The maximum atomic E-state index is 5.66. The average Bonchev–Trinajstić information content (AvgIpc) is 2.39. The van der Waals surface area contributed by atoms with Gasteiger partial charge < -0.3 is 24.7 Å². The van der Waals surface area contributed by atoms with Crippen LogP contribution in [0.4, 0.5) is 0 Å². The Morgan fingerprint density at radius 1 is 0.833 bits per heavy atom. The molecule has 1 aliphatic rings. The third-order valence-corrected chi connectivity index (χ3v) is 2.59. The summed E-state index contributed by atoms with van der Waals surface area (Å²) in [6.07, 6.45) is 0. The maximum absolute atomic E-state index is 5.66. The van der Waals surface area contributed by atoms with Crippen molar-refractivity contribution in [2.24, 2.45) is 5.73 Å². The molecule has 0 fully saturated rings. The monoisotopic (exact) mass is 253 g/mol. The number of rotatable bonds is 1. The van der Waals surface area contributed by atoms with Crippen molar-refractivity contribution in [1.82, 2.24) is 0 Å². The smallest absolute Gasteiger partial charge is 0.161 e. The largest absolute Gasteiger partial charge is 0.487 e. The van der Waals surface area contributed by atoms with Crippen LogP contribution in [0.2, 0.25) is 0 Å². The summed E-state index contributed by atoms with van der Waals surface area (Å²) in [4.78, 5) is 0. The summed E-state index contributed by atoms with van der Waals surface area (Å²) >= 11 is 0. The van der Waals surface area contributed by atoms with E-state index >= 15 is 0 Å². The van der Waals surface area contributed by atoms with E-state index in [4.69, 9.17) is 24.7 Å². The number of ether oxygens (including phenoxy) is 4. The number of fused-ring (bicyclic) bond motifs is 1. The Labute approximate surface area is 107 Å². The molecule has 1 aliphatic heterocycles. The lowest BCUT2D eigenvalue weighted by molar-refractivity contribution is 0.0223. The van der Waals surface area contributed by atoms with Crippen LogP contribution < -0.4 is 15.2 Å². The van der Waals surface area contributed by atoms with Crippen molar-refractivity contribution in [3.05, 3.63) is 23.8 Å². The van der Waals surface area contributed by atoms with E-state index in [1.54, 1.807) is 0 Å². The van der Waals surface area contributed by atoms with Crippen LogP contribution in [0.15, 0.2) is 18.2 Å². The third kappa shape index (κ3) is 3.87. The topological polar surface area (TPSA) is 62.9 Å². The molecule has 0 saturated heterocycles. The zero-order valence-electron chi connectivity index (χ0n) is 10.4. The normalized spacial score (nSPS) is 17.6. The second kappa shape index (κ2) is 7.20. The molecular formula is C13H19NO4. The van der Waals surface area contributed by atoms with Crippen LogP contribution in [0.3, 0.4) is 0 Å². The molecule has 0 aromatic heterocycles. The molecule has 0 radical (unpaired) electrons. The molecule has 1 heterocycles. The van der Waals surface area contributed by atoms with Crippen molar-refractivity contribution in [2.45, 2.75) is 6.54 Å². The molecule has 1 aromatic carbocycles. The van der Waals surface area contributed by atoms with Crippen molar-refractivity contribution >= 4 is 0 Å². The lowest BCUT2D eigenvalue weighted by atomic mass is 10.2. The molecule has 2 N–H and O–H groups in total. The van der Waals surface area contributed by atoms with E-state index in [1.165, 1.54) is 0 Å². The highest BCUT2D eigenvalue weighted by Gasteiger charge is 2.07. The van der Waals surface area contributed by atoms with Crippen LogP contribution in [0, 0.1) is 0 Å². The molecule has 0 aliphatic carbocycles. The highest BCUT2D eigenvalue weighted by molar-refractivity contribution is 5.43. The quantitative estimate of drug-likeness (QED) is 0.807. The molecule has 1 aromatic rings. The van der Waals surface area contributed by atoms with Crippen LogP contribution in [-0.4, -0.2) is 39.6 Å². The average molecular weight is 253 g/mol. The highest BCUT2D eigenvalue weighted by atomic mass is 16.6. The van der Waals surface area contributed by atoms with Gasteiger partial charge >= 0.3 is 0 Å². The molecule has 0 unspecified atom stereocenters. The van der Waals surface area contributed by atoms with Gasteiger partial charge in [0.2, 0.25) is 0 Å². The minimum Gasteiger partial charge on any atom is -0.487 e. The number of hydrogen-bond donors (Lipinski definition) is 1. The van der Waals surface area contributed by atoms with E-state index in [9.17, 15) is 0 Å². The molecular weight excluding hydrogens is 234 g/mol. The molecule has 5 nitrogen and oxygen atoms in total. The van der Waals surface area contributed by atoms with E-state index in [-0.39, 0.29) is 0 Å². The SMILES string of the molecule is NCc1ccc2c(c1)OCCOCCOCCO2. The maximum Gasteiger partial charge on any atom is 0.161 e. The van der Waals surface area contributed by atoms with Gasteiger partial charge in [0.1, 0.15) is 13.2 Å². The van der Waals surface area contributed by atoms with Crippen LogP contribution in [0.25, 0.3) is 0 Å². The minimum atomic E-state index is 0.482. The number of benzene rings is 1. The Kier molecular flexibility index (Phi) is 5.26. The number of hydrogen-bond acceptors (Lipinski definition) is 5. The lowest BCUT2D eigenvalue weighted by Crippen LogP contribution is -2.16. The Hall–Kier alpha value is -1.30. The van der Waals surface area contributed by atoms with Gasteiger partial charge in [-0.1, -0.05) is 6.07 Å². The van der Waals surface area contributed by atoms with Gasteiger partial charge in [-0.2, -0.15) is 0 Å². The molecule has 0 amide bonds. The van der Waals surface area contributed by atoms with Crippen molar-refractivity contribution in [3.63, 3.8) is 0 Å². The van der Waals surface area contributed by atoms with Gasteiger partial charge in [-0.3, -0.25) is 0 Å². The molecule has 0 bridgehead atoms. The first-order valence-electron chi connectivity index (χ1n) is 6.14. The molecule has 0 spiro atoms. The molecule has 0 atom stereocenters. The van der Waals surface area contributed by atoms with Crippen LogP contribution in [0.5, 0.6) is 11.5 Å². The predicted octanol–water partition coefficient (Wildman–Crippen LogP) is 0.950. The van der Waals surface area contributed by atoms with E-state index in [1.807, 2.05) is 18.2 Å². The fourth-order valence-electron chi connectivity index (χ4n) is 1.65. The zero-order chi connectivity index (χ0) is 12.6. The van der Waals surface area contributed by atoms with Crippen molar-refractivity contribution < 1.29 is 18.9 Å². The summed E-state index contributed by atoms with van der Waals surface area (Å²) in [5.41, 5.74) is 6.63. The van der Waals surface area contributed by atoms with Gasteiger partial charge in [-0.25, -0.2) is 0 Å². The van der Waals surface area contributed by atoms with E-state index < -0.39 is 0 Å². The summed E-state index contributed by atoms with van der Waals surface area (Å²) in [7, 11) is 0. The fraction of sp³-hybridized carbons (Fsp3) is 0.538. The summed E-state index contributed by atoms with van der Waals surface area (Å²) < 4.78 is 22.0. The summed E-state index contributed by atoms with van der Waals surface area (Å²) in [5, 5.41) is 0. The van der Waals surface area contributed by atoms with Gasteiger partial charge in [0.05, 0.1) is 26.4 Å². The zero-order valence-corrected chi connectivity index (χ0v) is 10.4. The summed E-state index contributed by atoms with van der Waals surface area (Å²) in [5.74, 6) is 1.43. The van der Waals surface area contributed by atoms with Crippen molar-refractivity contribution in [1.29, 1.82) is 0 Å². The number of nitrogens with two attached hydrogens (primary N) is 1. The van der Waals surface area contributed by atoms with Gasteiger partial charge in [-0.05, 0) is 17.7 Å². The first-order valence-corrected chi connectivity index (χ1v) is 6.14. The van der Waals surface area contributed by atoms with Gasteiger partial charge in [0, 0.05) is 6.54 Å². The van der Waals surface area contributed by atoms with Crippen molar-refractivity contribution in [2.75, 3.05) is 39.6 Å². The van der Waals surface area contributed by atoms with Crippen LogP contribution >= 0.6 is 0 Å². The van der Waals surface area contributed by atoms with E-state index in [0.717, 1.165) is 11.3 Å². The summed E-state index contributed by atoms with van der Waals surface area (Å²) in [6.45, 7) is 3.72. The Bertz CT molecular complexity index is 370. The molecule has 2 rings (SSSR count). The van der Waals surface area contributed by atoms with Gasteiger partial charge in [0.15, 0.2) is 11.5 Å². The molecule has 5 heteroatoms. The highest BCUT2D eigenvalue weighted by Crippen LogP contribution is 2.28. The van der Waals surface area contributed by atoms with Gasteiger partial charge in [-0.15, -0.1) is 0 Å². The first-order chi connectivity index (χ1) is 8.90. The standard InChI is InChI=1S/C13H19NO4/c14-10-11-1-2-12-13(9-11)18-8-6-16-4-3-15-5-7-17-12/h1-2,9H,3-8,10,14H2. The predicted molar refractivity (Wildman–Crippen MR) is 67.0 cm³/mol. The second-order valence-corrected chi connectivity index (χ2v) is 3.91. The Morgan fingerprint density at radius 2 is 1.44 bits per heavy atom. The first kappa shape index (κ1) is 13.1.